The summed E-state index contributed by atoms with van der Waals surface area (Å²) in [6, 6.07) is -1.06. The minimum atomic E-state index is -4.25. The zero-order chi connectivity index (χ0) is 27.7. The average molecular weight is 542 g/mol. The fourth-order valence-corrected chi connectivity index (χ4v) is 3.54. The molecule has 0 aliphatic rings. The summed E-state index contributed by atoms with van der Waals surface area (Å²) in [5.74, 6) is -2.39. The van der Waals surface area contributed by atoms with Gasteiger partial charge in [0.1, 0.15) is 6.04 Å². The van der Waals surface area contributed by atoms with E-state index in [0.717, 1.165) is 4.90 Å². The van der Waals surface area contributed by atoms with Crippen LogP contribution in [0.2, 0.25) is 0 Å². The number of carbonyl (C=O) groups excluding carboxylic acids is 2. The highest BCUT2D eigenvalue weighted by Crippen LogP contribution is 2.50. The van der Waals surface area contributed by atoms with Gasteiger partial charge in [-0.2, -0.15) is 0 Å². The van der Waals surface area contributed by atoms with Crippen molar-refractivity contribution >= 4 is 32.0 Å². The minimum absolute atomic E-state index is 0.0815. The summed E-state index contributed by atoms with van der Waals surface area (Å²) >= 11 is 0. The molecule has 0 aromatic heterocycles. The van der Waals surface area contributed by atoms with Crippen LogP contribution in [0.15, 0.2) is 4.76 Å². The molecular weight excluding hydrogens is 501 g/mol. The Morgan fingerprint density at radius 3 is 1.64 bits per heavy atom. The van der Waals surface area contributed by atoms with Gasteiger partial charge in [-0.05, 0) is 19.8 Å². The number of aliphatic carboxylic acids is 1. The fraction of sp³-hybridized carbons (Fsp3) is 0.810. The summed E-state index contributed by atoms with van der Waals surface area (Å²) in [4.78, 5) is 35.3. The molecule has 0 radical (unpaired) electrons. The molecule has 15 heteroatoms. The van der Waals surface area contributed by atoms with Crippen LogP contribution in [-0.2, 0) is 37.4 Å². The standard InChI is InChI=1S/C21H40N3O11P/c1-7-9-30-20(27)32-11-15(3)13-34-36(29,23-19(22)24(6)17(5)18(25)26)35-14-16(4)12-33-21(28)31-10-8-2/h15-17H,7-14H2,1-6H3,(H,25,26)(H2,22,23,29). The second-order valence-corrected chi connectivity index (χ2v) is 9.83. The number of nitrogens with zero attached hydrogens (tertiary/aromatic N) is 2. The number of hydrogen-bond acceptors (Lipinski definition) is 10. The van der Waals surface area contributed by atoms with Gasteiger partial charge in [0, 0.05) is 18.9 Å². The van der Waals surface area contributed by atoms with E-state index < -0.39 is 43.9 Å². The van der Waals surface area contributed by atoms with Crippen LogP contribution >= 0.6 is 7.75 Å². The van der Waals surface area contributed by atoms with Crippen molar-refractivity contribution in [3.63, 3.8) is 0 Å². The third-order valence-electron chi connectivity index (χ3n) is 4.39. The molecule has 14 nitrogen and oxygen atoms in total. The summed E-state index contributed by atoms with van der Waals surface area (Å²) in [7, 11) is -2.89. The van der Waals surface area contributed by atoms with E-state index in [1.54, 1.807) is 13.8 Å². The zero-order valence-electron chi connectivity index (χ0n) is 21.8. The molecule has 36 heavy (non-hydrogen) atoms. The molecule has 3 N–H and O–H groups in total. The van der Waals surface area contributed by atoms with Crippen LogP contribution in [0.25, 0.3) is 0 Å². The Hall–Kier alpha value is -2.57. The van der Waals surface area contributed by atoms with Crippen LogP contribution in [0.1, 0.15) is 47.5 Å². The molecule has 0 aromatic carbocycles. The fourth-order valence-electron chi connectivity index (χ4n) is 2.07. The third-order valence-corrected chi connectivity index (χ3v) is 5.79. The molecule has 0 aliphatic heterocycles. The highest BCUT2D eigenvalue weighted by Gasteiger charge is 2.30. The summed E-state index contributed by atoms with van der Waals surface area (Å²) in [6.07, 6.45) is -0.375. The number of nitrogens with two attached hydrogens (primary N) is 1. The van der Waals surface area contributed by atoms with Gasteiger partial charge >= 0.3 is 26.0 Å². The lowest BCUT2D eigenvalue weighted by Crippen LogP contribution is -2.44. The number of rotatable bonds is 17. The lowest BCUT2D eigenvalue weighted by Gasteiger charge is -2.24. The number of carboxylic acids is 1. The first kappa shape index (κ1) is 33.4. The smallest absolute Gasteiger partial charge is 0.480 e. The van der Waals surface area contributed by atoms with E-state index in [0.29, 0.717) is 12.8 Å². The summed E-state index contributed by atoms with van der Waals surface area (Å²) in [5.41, 5.74) is 5.85. The second-order valence-electron chi connectivity index (χ2n) is 8.17. The maximum Gasteiger partial charge on any atom is 0.508 e. The minimum Gasteiger partial charge on any atom is -0.480 e. The first-order valence-electron chi connectivity index (χ1n) is 11.6. The molecule has 3 unspecified atom stereocenters. The summed E-state index contributed by atoms with van der Waals surface area (Å²) in [6.45, 7) is 8.28. The van der Waals surface area contributed by atoms with Crippen molar-refractivity contribution < 1.29 is 52.1 Å². The Kier molecular flexibility index (Phi) is 16.5. The predicted octanol–water partition coefficient (Wildman–Crippen LogP) is 3.25. The number of hydrogen-bond donors (Lipinski definition) is 2. The molecule has 210 valence electrons. The normalized spacial score (nSPS) is 15.7. The number of ether oxygens (including phenoxy) is 4. The number of carbonyl (C=O) groups is 3. The average Bonchev–Trinajstić information content (AvgIpc) is 2.84. The van der Waals surface area contributed by atoms with Gasteiger partial charge in [0.15, 0.2) is 0 Å². The number of guanidine groups is 1. The molecule has 3 atom stereocenters. The van der Waals surface area contributed by atoms with Crippen molar-refractivity contribution in [3.8, 4) is 0 Å². The van der Waals surface area contributed by atoms with Gasteiger partial charge in [-0.15, -0.1) is 4.76 Å². The largest absolute Gasteiger partial charge is 0.508 e. The van der Waals surface area contributed by atoms with Crippen LogP contribution in [0.5, 0.6) is 0 Å². The maximum absolute atomic E-state index is 13.3. The highest BCUT2D eigenvalue weighted by atomic mass is 31.2. The van der Waals surface area contributed by atoms with Crippen molar-refractivity contribution in [3.05, 3.63) is 0 Å². The van der Waals surface area contributed by atoms with Gasteiger partial charge in [-0.1, -0.05) is 27.7 Å². The molecule has 0 bridgehead atoms. The van der Waals surface area contributed by atoms with Gasteiger partial charge in [0.25, 0.3) is 0 Å². The monoisotopic (exact) mass is 541 g/mol. The van der Waals surface area contributed by atoms with E-state index in [4.69, 9.17) is 33.7 Å². The zero-order valence-corrected chi connectivity index (χ0v) is 22.7. The Balaban J connectivity index is 5.20. The van der Waals surface area contributed by atoms with Gasteiger partial charge in [-0.25, -0.2) is 18.9 Å². The molecule has 0 aliphatic carbocycles. The van der Waals surface area contributed by atoms with E-state index in [9.17, 15) is 24.1 Å². The Morgan fingerprint density at radius 2 is 1.28 bits per heavy atom. The van der Waals surface area contributed by atoms with E-state index in [1.165, 1.54) is 14.0 Å². The molecule has 0 saturated carbocycles. The Bertz CT molecular complexity index is 727. The van der Waals surface area contributed by atoms with Gasteiger partial charge < -0.3 is 34.7 Å². The van der Waals surface area contributed by atoms with Crippen LogP contribution in [0.3, 0.4) is 0 Å². The lowest BCUT2D eigenvalue weighted by atomic mass is 10.2. The number of likely N-dealkylation sites (N-methyl/N-ethyl adjacent to an activating group) is 1. The quantitative estimate of drug-likeness (QED) is 0.118. The SMILES string of the molecule is CCCOC(=O)OCC(C)COP(=O)(N=C(N)N(C)C(C)C(=O)O)OCC(C)COC(=O)OCCC. The van der Waals surface area contributed by atoms with E-state index >= 15 is 0 Å². The molecule has 0 amide bonds. The second kappa shape index (κ2) is 17.8. The van der Waals surface area contributed by atoms with Crippen molar-refractivity contribution in [1.82, 2.24) is 4.90 Å². The van der Waals surface area contributed by atoms with Gasteiger partial charge in [0.2, 0.25) is 5.96 Å². The van der Waals surface area contributed by atoms with Crippen LogP contribution < -0.4 is 5.73 Å². The van der Waals surface area contributed by atoms with E-state index in [2.05, 4.69) is 4.76 Å². The number of carboxylic acid groups (broad SMARTS) is 1. The van der Waals surface area contributed by atoms with Crippen molar-refractivity contribution in [2.24, 2.45) is 22.3 Å². The summed E-state index contributed by atoms with van der Waals surface area (Å²) < 4.78 is 47.6. The Labute approximate surface area is 212 Å². The Morgan fingerprint density at radius 1 is 0.861 bits per heavy atom. The van der Waals surface area contributed by atoms with Crippen molar-refractivity contribution in [2.75, 3.05) is 46.7 Å². The molecule has 0 spiro atoms. The highest BCUT2D eigenvalue weighted by molar-refractivity contribution is 7.52. The lowest BCUT2D eigenvalue weighted by molar-refractivity contribution is -0.140. The summed E-state index contributed by atoms with van der Waals surface area (Å²) in [5, 5.41) is 9.18. The molecule has 0 saturated heterocycles. The van der Waals surface area contributed by atoms with Crippen molar-refractivity contribution in [1.29, 1.82) is 0 Å². The van der Waals surface area contributed by atoms with Crippen LogP contribution in [-0.4, -0.2) is 87.0 Å². The molecule has 0 fully saturated rings. The topological polar surface area (TPSA) is 186 Å². The van der Waals surface area contributed by atoms with Gasteiger partial charge in [0.05, 0.1) is 39.6 Å². The van der Waals surface area contributed by atoms with E-state index in [-0.39, 0.29) is 45.6 Å². The predicted molar refractivity (Wildman–Crippen MR) is 130 cm³/mol. The molecule has 0 heterocycles. The van der Waals surface area contributed by atoms with Crippen LogP contribution in [0.4, 0.5) is 9.59 Å². The first-order valence-corrected chi connectivity index (χ1v) is 13.1. The van der Waals surface area contributed by atoms with Crippen molar-refractivity contribution in [2.45, 2.75) is 53.5 Å². The van der Waals surface area contributed by atoms with E-state index in [1.807, 2.05) is 13.8 Å². The molecule has 0 rings (SSSR count). The molecule has 0 aromatic rings. The third kappa shape index (κ3) is 14.7. The first-order chi connectivity index (χ1) is 16.8. The van der Waals surface area contributed by atoms with Crippen LogP contribution in [0, 0.1) is 11.8 Å². The van der Waals surface area contributed by atoms with Gasteiger partial charge in [-0.3, -0.25) is 9.05 Å². The molecular formula is C21H40N3O11P. The maximum atomic E-state index is 13.3.